The Balaban J connectivity index is 2.04. The molecule has 0 saturated carbocycles. The fraction of sp³-hybridized carbons (Fsp3) is 0.750. The molecule has 1 aliphatic rings. The lowest BCUT2D eigenvalue weighted by atomic mass is 9.91. The molecule has 1 saturated heterocycles. The van der Waals surface area contributed by atoms with Crippen molar-refractivity contribution in [2.75, 3.05) is 19.6 Å². The number of aryl methyl sites for hydroxylation is 1. The summed E-state index contributed by atoms with van der Waals surface area (Å²) in [7, 11) is 1.89. The van der Waals surface area contributed by atoms with Crippen LogP contribution < -0.4 is 0 Å². The molecule has 0 radical (unpaired) electrons. The minimum atomic E-state index is -0.373. The van der Waals surface area contributed by atoms with Crippen molar-refractivity contribution in [2.45, 2.75) is 25.9 Å². The number of likely N-dealkylation sites (tertiary alicyclic amines) is 1. The van der Waals surface area contributed by atoms with E-state index in [1.54, 1.807) is 10.9 Å². The van der Waals surface area contributed by atoms with Crippen molar-refractivity contribution in [1.82, 2.24) is 14.7 Å². The van der Waals surface area contributed by atoms with Gasteiger partial charge in [-0.2, -0.15) is 5.10 Å². The SMILES string of the molecule is CCN1CCCC(C(O)c2ccnn2C)C1. The smallest absolute Gasteiger partial charge is 0.0996 e. The molecule has 90 valence electrons. The molecule has 2 atom stereocenters. The van der Waals surface area contributed by atoms with E-state index in [2.05, 4.69) is 16.9 Å². The lowest BCUT2D eigenvalue weighted by Crippen LogP contribution is -2.37. The molecule has 0 bridgehead atoms. The Hall–Kier alpha value is -0.870. The molecule has 2 unspecified atom stereocenters. The van der Waals surface area contributed by atoms with Gasteiger partial charge < -0.3 is 10.0 Å². The first kappa shape index (κ1) is 11.6. The average molecular weight is 223 g/mol. The lowest BCUT2D eigenvalue weighted by molar-refractivity contribution is 0.0471. The highest BCUT2D eigenvalue weighted by molar-refractivity contribution is 5.06. The first-order valence-electron chi connectivity index (χ1n) is 6.10. The van der Waals surface area contributed by atoms with E-state index in [1.807, 2.05) is 13.1 Å². The maximum absolute atomic E-state index is 10.3. The molecule has 1 aromatic rings. The van der Waals surface area contributed by atoms with E-state index < -0.39 is 0 Å². The quantitative estimate of drug-likeness (QED) is 0.836. The van der Waals surface area contributed by atoms with Crippen LogP contribution in [0.2, 0.25) is 0 Å². The van der Waals surface area contributed by atoms with Crippen LogP contribution >= 0.6 is 0 Å². The molecule has 0 aliphatic carbocycles. The third kappa shape index (κ3) is 2.28. The summed E-state index contributed by atoms with van der Waals surface area (Å²) in [5.41, 5.74) is 0.933. The third-order valence-corrected chi connectivity index (χ3v) is 3.60. The van der Waals surface area contributed by atoms with Gasteiger partial charge in [0.1, 0.15) is 0 Å². The van der Waals surface area contributed by atoms with Crippen molar-refractivity contribution in [3.8, 4) is 0 Å². The largest absolute Gasteiger partial charge is 0.386 e. The predicted molar refractivity (Wildman–Crippen MR) is 63.0 cm³/mol. The highest BCUT2D eigenvalue weighted by atomic mass is 16.3. The predicted octanol–water partition coefficient (Wildman–Crippen LogP) is 1.19. The van der Waals surface area contributed by atoms with Crippen LogP contribution in [0.3, 0.4) is 0 Å². The minimum Gasteiger partial charge on any atom is -0.386 e. The Bertz CT molecular complexity index is 337. The van der Waals surface area contributed by atoms with Gasteiger partial charge in [-0.15, -0.1) is 0 Å². The molecule has 0 amide bonds. The van der Waals surface area contributed by atoms with Crippen molar-refractivity contribution in [3.05, 3.63) is 18.0 Å². The Morgan fingerprint density at radius 1 is 1.62 bits per heavy atom. The summed E-state index contributed by atoms with van der Waals surface area (Å²) in [6, 6.07) is 1.91. The molecule has 1 aromatic heterocycles. The van der Waals surface area contributed by atoms with Gasteiger partial charge in [0.15, 0.2) is 0 Å². The standard InChI is InChI=1S/C12H21N3O/c1-3-15-8-4-5-10(9-15)12(16)11-6-7-13-14(11)2/h6-7,10,12,16H,3-5,8-9H2,1-2H3. The molecule has 16 heavy (non-hydrogen) atoms. The second-order valence-corrected chi connectivity index (χ2v) is 4.62. The van der Waals surface area contributed by atoms with Crippen molar-refractivity contribution in [2.24, 2.45) is 13.0 Å². The summed E-state index contributed by atoms with van der Waals surface area (Å²) in [5, 5.41) is 14.5. The summed E-state index contributed by atoms with van der Waals surface area (Å²) in [6.45, 7) is 5.43. The number of aromatic nitrogens is 2. The summed E-state index contributed by atoms with van der Waals surface area (Å²) >= 11 is 0. The molecule has 0 spiro atoms. The number of aliphatic hydroxyl groups excluding tert-OH is 1. The fourth-order valence-corrected chi connectivity index (χ4v) is 2.55. The zero-order valence-electron chi connectivity index (χ0n) is 10.1. The van der Waals surface area contributed by atoms with Gasteiger partial charge in [-0.05, 0) is 32.0 Å². The molecular formula is C12H21N3O. The number of rotatable bonds is 3. The first-order valence-corrected chi connectivity index (χ1v) is 6.10. The van der Waals surface area contributed by atoms with Gasteiger partial charge >= 0.3 is 0 Å². The van der Waals surface area contributed by atoms with E-state index in [0.717, 1.165) is 25.2 Å². The van der Waals surface area contributed by atoms with Crippen LogP contribution in [0, 0.1) is 5.92 Å². The molecule has 1 fully saturated rings. The van der Waals surface area contributed by atoms with E-state index >= 15 is 0 Å². The van der Waals surface area contributed by atoms with E-state index in [1.165, 1.54) is 13.0 Å². The molecular weight excluding hydrogens is 202 g/mol. The van der Waals surface area contributed by atoms with Crippen LogP contribution in [0.15, 0.2) is 12.3 Å². The van der Waals surface area contributed by atoms with Crippen LogP contribution in [0.4, 0.5) is 0 Å². The van der Waals surface area contributed by atoms with Crippen molar-refractivity contribution >= 4 is 0 Å². The van der Waals surface area contributed by atoms with Crippen molar-refractivity contribution in [3.63, 3.8) is 0 Å². The third-order valence-electron chi connectivity index (χ3n) is 3.60. The minimum absolute atomic E-state index is 0.351. The van der Waals surface area contributed by atoms with Gasteiger partial charge in [-0.1, -0.05) is 6.92 Å². The normalized spacial score (nSPS) is 24.6. The molecule has 4 heteroatoms. The highest BCUT2D eigenvalue weighted by Gasteiger charge is 2.27. The van der Waals surface area contributed by atoms with Crippen LogP contribution in [-0.2, 0) is 7.05 Å². The Kier molecular flexibility index (Phi) is 3.61. The number of piperidine rings is 1. The topological polar surface area (TPSA) is 41.3 Å². The molecule has 0 aromatic carbocycles. The first-order chi connectivity index (χ1) is 7.72. The summed E-state index contributed by atoms with van der Waals surface area (Å²) in [6.07, 6.45) is 3.68. The fourth-order valence-electron chi connectivity index (χ4n) is 2.55. The molecule has 1 N–H and O–H groups in total. The van der Waals surface area contributed by atoms with Gasteiger partial charge in [0.05, 0.1) is 11.8 Å². The summed E-state index contributed by atoms with van der Waals surface area (Å²) in [4.78, 5) is 2.41. The van der Waals surface area contributed by atoms with E-state index in [4.69, 9.17) is 0 Å². The van der Waals surface area contributed by atoms with E-state index in [-0.39, 0.29) is 6.10 Å². The number of nitrogens with zero attached hydrogens (tertiary/aromatic N) is 3. The zero-order chi connectivity index (χ0) is 11.5. The molecule has 4 nitrogen and oxygen atoms in total. The Labute approximate surface area is 96.9 Å². The molecule has 2 heterocycles. The maximum Gasteiger partial charge on any atom is 0.0996 e. The Morgan fingerprint density at radius 2 is 2.44 bits per heavy atom. The molecule has 1 aliphatic heterocycles. The van der Waals surface area contributed by atoms with E-state index in [9.17, 15) is 5.11 Å². The van der Waals surface area contributed by atoms with Crippen LogP contribution in [0.5, 0.6) is 0 Å². The van der Waals surface area contributed by atoms with E-state index in [0.29, 0.717) is 5.92 Å². The second kappa shape index (κ2) is 4.97. The van der Waals surface area contributed by atoms with Gasteiger partial charge in [0.2, 0.25) is 0 Å². The summed E-state index contributed by atoms with van der Waals surface area (Å²) in [5.74, 6) is 0.351. The van der Waals surface area contributed by atoms with Crippen molar-refractivity contribution < 1.29 is 5.11 Å². The number of hydrogen-bond acceptors (Lipinski definition) is 3. The zero-order valence-corrected chi connectivity index (χ0v) is 10.1. The van der Waals surface area contributed by atoms with Gasteiger partial charge in [-0.25, -0.2) is 0 Å². The van der Waals surface area contributed by atoms with Crippen LogP contribution in [-0.4, -0.2) is 39.4 Å². The number of aliphatic hydroxyl groups is 1. The summed E-state index contributed by atoms with van der Waals surface area (Å²) < 4.78 is 1.77. The second-order valence-electron chi connectivity index (χ2n) is 4.62. The highest BCUT2D eigenvalue weighted by Crippen LogP contribution is 2.29. The lowest BCUT2D eigenvalue weighted by Gasteiger charge is -2.34. The maximum atomic E-state index is 10.3. The van der Waals surface area contributed by atoms with Gasteiger partial charge in [-0.3, -0.25) is 4.68 Å². The van der Waals surface area contributed by atoms with Gasteiger partial charge in [0, 0.05) is 25.7 Å². The monoisotopic (exact) mass is 223 g/mol. The van der Waals surface area contributed by atoms with Crippen molar-refractivity contribution in [1.29, 1.82) is 0 Å². The molecule has 2 rings (SSSR count). The number of hydrogen-bond donors (Lipinski definition) is 1. The van der Waals surface area contributed by atoms with Gasteiger partial charge in [0.25, 0.3) is 0 Å². The average Bonchev–Trinajstić information content (AvgIpc) is 2.74. The van der Waals surface area contributed by atoms with Crippen LogP contribution in [0.1, 0.15) is 31.6 Å². The van der Waals surface area contributed by atoms with Crippen LogP contribution in [0.25, 0.3) is 0 Å². The Morgan fingerprint density at radius 3 is 3.06 bits per heavy atom.